The molecule has 0 aromatic heterocycles. The molecule has 1 aliphatic carbocycles. The van der Waals surface area contributed by atoms with Gasteiger partial charge in [0.25, 0.3) is 0 Å². The summed E-state index contributed by atoms with van der Waals surface area (Å²) in [5.41, 5.74) is 2.16. The maximum absolute atomic E-state index is 12.0. The van der Waals surface area contributed by atoms with Gasteiger partial charge in [-0.15, -0.1) is 0 Å². The molecule has 1 N–H and O–H groups in total. The van der Waals surface area contributed by atoms with Crippen molar-refractivity contribution < 1.29 is 9.53 Å². The van der Waals surface area contributed by atoms with Crippen LogP contribution in [-0.4, -0.2) is 18.2 Å². The van der Waals surface area contributed by atoms with Crippen LogP contribution in [0.25, 0.3) is 0 Å². The Morgan fingerprint density at radius 1 is 1.17 bits per heavy atom. The molecule has 0 aliphatic heterocycles. The number of rotatable bonds is 4. The van der Waals surface area contributed by atoms with Gasteiger partial charge in [0.05, 0.1) is 0 Å². The fraction of sp³-hybridized carbons (Fsp3) is 0.650. The molecule has 0 bridgehead atoms. The highest BCUT2D eigenvalue weighted by atomic mass is 16.6. The summed E-state index contributed by atoms with van der Waals surface area (Å²) in [5.74, 6) is 1.03. The highest BCUT2D eigenvalue weighted by molar-refractivity contribution is 5.67. The van der Waals surface area contributed by atoms with E-state index in [0.717, 1.165) is 0 Å². The molecule has 2 rings (SSSR count). The van der Waals surface area contributed by atoms with E-state index in [2.05, 4.69) is 36.5 Å². The predicted molar refractivity (Wildman–Crippen MR) is 94.7 cm³/mol. The predicted octanol–water partition coefficient (Wildman–Crippen LogP) is 5.18. The van der Waals surface area contributed by atoms with Crippen LogP contribution in [0.2, 0.25) is 0 Å². The first-order chi connectivity index (χ1) is 10.8. The zero-order valence-electron chi connectivity index (χ0n) is 15.0. The normalized spacial score (nSPS) is 17.6. The molecular weight excluding hydrogens is 286 g/mol. The Hall–Kier alpha value is -1.51. The van der Waals surface area contributed by atoms with Crippen molar-refractivity contribution in [3.63, 3.8) is 0 Å². The van der Waals surface area contributed by atoms with Crippen molar-refractivity contribution in [2.75, 3.05) is 6.54 Å². The Balaban J connectivity index is 2.04. The lowest BCUT2D eigenvalue weighted by molar-refractivity contribution is 0.0519. The molecule has 1 aromatic rings. The van der Waals surface area contributed by atoms with E-state index in [-0.39, 0.29) is 6.09 Å². The second-order valence-electron chi connectivity index (χ2n) is 7.80. The number of ether oxygens (including phenoxy) is 1. The van der Waals surface area contributed by atoms with Crippen molar-refractivity contribution in [1.29, 1.82) is 0 Å². The molecule has 3 nitrogen and oxygen atoms in total. The molecule has 1 amide bonds. The minimum absolute atomic E-state index is 0.314. The smallest absolute Gasteiger partial charge is 0.407 e. The van der Waals surface area contributed by atoms with E-state index in [4.69, 9.17) is 4.74 Å². The van der Waals surface area contributed by atoms with E-state index < -0.39 is 5.60 Å². The number of benzene rings is 1. The number of carbonyl (C=O) groups excluding carboxylic acids is 1. The maximum atomic E-state index is 12.0. The molecule has 1 atom stereocenters. The summed E-state index contributed by atoms with van der Waals surface area (Å²) < 4.78 is 5.38. The molecule has 1 saturated carbocycles. The number of alkyl carbamates (subject to hydrolysis) is 1. The van der Waals surface area contributed by atoms with Gasteiger partial charge in [0.15, 0.2) is 0 Å². The van der Waals surface area contributed by atoms with Crippen LogP contribution in [0.15, 0.2) is 24.3 Å². The Morgan fingerprint density at radius 2 is 1.78 bits per heavy atom. The summed E-state index contributed by atoms with van der Waals surface area (Å²) in [4.78, 5) is 12.0. The van der Waals surface area contributed by atoms with Crippen LogP contribution in [0.4, 0.5) is 4.79 Å². The largest absolute Gasteiger partial charge is 0.444 e. The van der Waals surface area contributed by atoms with Crippen molar-refractivity contribution in [2.24, 2.45) is 5.92 Å². The van der Waals surface area contributed by atoms with Crippen LogP contribution in [0.5, 0.6) is 0 Å². The van der Waals surface area contributed by atoms with Gasteiger partial charge in [0, 0.05) is 12.5 Å². The monoisotopic (exact) mass is 317 g/mol. The Labute approximate surface area is 140 Å². The third-order valence-electron chi connectivity index (χ3n) is 4.59. The van der Waals surface area contributed by atoms with Gasteiger partial charge in [-0.3, -0.25) is 0 Å². The van der Waals surface area contributed by atoms with Gasteiger partial charge in [0.1, 0.15) is 5.60 Å². The molecule has 0 heterocycles. The van der Waals surface area contributed by atoms with E-state index in [1.807, 2.05) is 20.8 Å². The van der Waals surface area contributed by atoms with Gasteiger partial charge in [-0.05, 0) is 52.0 Å². The molecule has 1 aliphatic rings. The molecule has 1 fully saturated rings. The molecule has 0 unspecified atom stereocenters. The third-order valence-corrected chi connectivity index (χ3v) is 4.59. The van der Waals surface area contributed by atoms with Crippen molar-refractivity contribution in [3.05, 3.63) is 35.4 Å². The standard InChI is InChI=1S/C20H31NO2/c1-15-10-12-17(13-11-15)18(16-8-6-5-7-9-16)14-21-19(22)23-20(2,3)4/h10-13,16,18H,5-9,14H2,1-4H3,(H,21,22)/t18-/m0/s1. The summed E-state index contributed by atoms with van der Waals surface area (Å²) in [6, 6.07) is 8.76. The molecule has 3 heteroatoms. The quantitative estimate of drug-likeness (QED) is 0.830. The van der Waals surface area contributed by atoms with Crippen molar-refractivity contribution in [2.45, 2.75) is 71.3 Å². The lowest BCUT2D eigenvalue weighted by Gasteiger charge is -2.31. The molecule has 128 valence electrons. The molecule has 0 saturated heterocycles. The lowest BCUT2D eigenvalue weighted by atomic mass is 9.76. The van der Waals surface area contributed by atoms with Crippen LogP contribution in [0, 0.1) is 12.8 Å². The summed E-state index contributed by atoms with van der Waals surface area (Å²) in [6.07, 6.45) is 6.16. The topological polar surface area (TPSA) is 38.3 Å². The van der Waals surface area contributed by atoms with Gasteiger partial charge in [0.2, 0.25) is 0 Å². The van der Waals surface area contributed by atoms with Gasteiger partial charge in [-0.25, -0.2) is 4.79 Å². The van der Waals surface area contributed by atoms with Gasteiger partial charge >= 0.3 is 6.09 Å². The van der Waals surface area contributed by atoms with E-state index in [1.165, 1.54) is 43.2 Å². The number of carbonyl (C=O) groups is 1. The SMILES string of the molecule is Cc1ccc([C@@H](CNC(=O)OC(C)(C)C)C2CCCCC2)cc1. The summed E-state index contributed by atoms with van der Waals surface area (Å²) >= 11 is 0. The highest BCUT2D eigenvalue weighted by Gasteiger charge is 2.26. The van der Waals surface area contributed by atoms with Gasteiger partial charge in [-0.1, -0.05) is 49.1 Å². The van der Waals surface area contributed by atoms with E-state index in [9.17, 15) is 4.79 Å². The van der Waals surface area contributed by atoms with Crippen LogP contribution in [0.3, 0.4) is 0 Å². The summed E-state index contributed by atoms with van der Waals surface area (Å²) in [6.45, 7) is 8.45. The molecule has 1 aromatic carbocycles. The van der Waals surface area contributed by atoms with Crippen LogP contribution in [-0.2, 0) is 4.74 Å². The van der Waals surface area contributed by atoms with E-state index >= 15 is 0 Å². The third kappa shape index (κ3) is 5.89. The van der Waals surface area contributed by atoms with E-state index in [1.54, 1.807) is 0 Å². The minimum atomic E-state index is -0.450. The molecular formula is C20H31NO2. The van der Waals surface area contributed by atoms with Crippen molar-refractivity contribution in [1.82, 2.24) is 5.32 Å². The van der Waals surface area contributed by atoms with E-state index in [0.29, 0.717) is 18.4 Å². The first-order valence-electron chi connectivity index (χ1n) is 8.88. The average Bonchev–Trinajstić information content (AvgIpc) is 2.48. The van der Waals surface area contributed by atoms with Crippen molar-refractivity contribution >= 4 is 6.09 Å². The number of nitrogens with one attached hydrogen (secondary N) is 1. The Kier molecular flexibility index (Phi) is 6.09. The fourth-order valence-corrected chi connectivity index (χ4v) is 3.41. The van der Waals surface area contributed by atoms with Crippen molar-refractivity contribution in [3.8, 4) is 0 Å². The summed E-state index contributed by atoms with van der Waals surface area (Å²) in [5, 5.41) is 2.99. The molecule has 0 spiro atoms. The first kappa shape index (κ1) is 17.8. The minimum Gasteiger partial charge on any atom is -0.444 e. The molecule has 23 heavy (non-hydrogen) atoms. The van der Waals surface area contributed by atoms with Crippen LogP contribution >= 0.6 is 0 Å². The number of amides is 1. The zero-order chi connectivity index (χ0) is 16.9. The average molecular weight is 317 g/mol. The first-order valence-corrected chi connectivity index (χ1v) is 8.88. The number of hydrogen-bond acceptors (Lipinski definition) is 2. The second kappa shape index (κ2) is 7.85. The maximum Gasteiger partial charge on any atom is 0.407 e. The number of hydrogen-bond donors (Lipinski definition) is 1. The Morgan fingerprint density at radius 3 is 2.35 bits per heavy atom. The highest BCUT2D eigenvalue weighted by Crippen LogP contribution is 2.35. The zero-order valence-corrected chi connectivity index (χ0v) is 15.0. The second-order valence-corrected chi connectivity index (χ2v) is 7.80. The van der Waals surface area contributed by atoms with Crippen LogP contribution < -0.4 is 5.32 Å². The van der Waals surface area contributed by atoms with Gasteiger partial charge < -0.3 is 10.1 Å². The fourth-order valence-electron chi connectivity index (χ4n) is 3.41. The van der Waals surface area contributed by atoms with Gasteiger partial charge in [-0.2, -0.15) is 0 Å². The molecule has 0 radical (unpaired) electrons. The Bertz CT molecular complexity index is 495. The summed E-state index contributed by atoms with van der Waals surface area (Å²) in [7, 11) is 0. The lowest BCUT2D eigenvalue weighted by Crippen LogP contribution is -2.36. The number of aryl methyl sites for hydroxylation is 1. The van der Waals surface area contributed by atoms with Crippen LogP contribution in [0.1, 0.15) is 69.9 Å².